The van der Waals surface area contributed by atoms with Crippen LogP contribution in [0.25, 0.3) is 10.9 Å². The summed E-state index contributed by atoms with van der Waals surface area (Å²) in [6, 6.07) is 3.45. The third kappa shape index (κ3) is 2.25. The van der Waals surface area contributed by atoms with Gasteiger partial charge in [-0.05, 0) is 31.9 Å². The zero-order valence-corrected chi connectivity index (χ0v) is 13.5. The van der Waals surface area contributed by atoms with Gasteiger partial charge in [0.15, 0.2) is 0 Å². The third-order valence-electron chi connectivity index (χ3n) is 4.16. The predicted molar refractivity (Wildman–Crippen MR) is 85.6 cm³/mol. The van der Waals surface area contributed by atoms with Crippen LogP contribution < -0.4 is 14.9 Å². The molecule has 0 amide bonds. The van der Waals surface area contributed by atoms with Gasteiger partial charge in [0.05, 0.1) is 31.7 Å². The number of benzene rings is 1. The van der Waals surface area contributed by atoms with E-state index in [4.69, 9.17) is 14.2 Å². The molecule has 0 saturated heterocycles. The summed E-state index contributed by atoms with van der Waals surface area (Å²) in [6.07, 6.45) is 1.53. The molecule has 0 N–H and O–H groups in total. The molecule has 0 radical (unpaired) electrons. The third-order valence-corrected chi connectivity index (χ3v) is 4.16. The molecule has 0 fully saturated rings. The fraction of sp³-hybridized carbons (Fsp3) is 0.412. The largest absolute Gasteiger partial charge is 0.496 e. The summed E-state index contributed by atoms with van der Waals surface area (Å²) >= 11 is 0. The van der Waals surface area contributed by atoms with Crippen molar-refractivity contribution in [2.45, 2.75) is 26.3 Å². The van der Waals surface area contributed by atoms with E-state index in [1.165, 1.54) is 7.11 Å². The Morgan fingerprint density at radius 3 is 2.57 bits per heavy atom. The Morgan fingerprint density at radius 1 is 1.22 bits per heavy atom. The van der Waals surface area contributed by atoms with Gasteiger partial charge in [0.25, 0.3) is 0 Å². The molecule has 1 aliphatic heterocycles. The summed E-state index contributed by atoms with van der Waals surface area (Å²) in [6.45, 7) is 2.67. The zero-order valence-electron chi connectivity index (χ0n) is 13.5. The molecule has 23 heavy (non-hydrogen) atoms. The maximum absolute atomic E-state index is 13.0. The lowest BCUT2D eigenvalue weighted by Crippen LogP contribution is -2.24. The molecule has 0 saturated carbocycles. The van der Waals surface area contributed by atoms with Crippen molar-refractivity contribution in [3.63, 3.8) is 0 Å². The van der Waals surface area contributed by atoms with E-state index in [2.05, 4.69) is 0 Å². The van der Waals surface area contributed by atoms with E-state index in [1.54, 1.807) is 26.2 Å². The predicted octanol–water partition coefficient (Wildman–Crippen LogP) is 2.14. The number of nitrogens with zero attached hydrogens (tertiary/aromatic N) is 1. The van der Waals surface area contributed by atoms with Gasteiger partial charge < -0.3 is 18.8 Å². The van der Waals surface area contributed by atoms with Crippen LogP contribution in [0, 0.1) is 0 Å². The summed E-state index contributed by atoms with van der Waals surface area (Å²) in [5, 5.41) is 0.362. The molecule has 1 aliphatic rings. The highest BCUT2D eigenvalue weighted by Gasteiger charge is 2.29. The minimum atomic E-state index is -0.574. The molecule has 0 unspecified atom stereocenters. The molecule has 3 rings (SSSR count). The van der Waals surface area contributed by atoms with Gasteiger partial charge in [0.1, 0.15) is 17.1 Å². The monoisotopic (exact) mass is 317 g/mol. The Morgan fingerprint density at radius 2 is 1.91 bits per heavy atom. The van der Waals surface area contributed by atoms with Gasteiger partial charge in [-0.15, -0.1) is 0 Å². The van der Waals surface area contributed by atoms with Crippen LogP contribution in [0.2, 0.25) is 0 Å². The average Bonchev–Trinajstić information content (AvgIpc) is 3.03. The molecule has 0 atom stereocenters. The van der Waals surface area contributed by atoms with Gasteiger partial charge in [-0.25, -0.2) is 4.79 Å². The van der Waals surface area contributed by atoms with E-state index >= 15 is 0 Å². The number of rotatable bonds is 4. The van der Waals surface area contributed by atoms with Gasteiger partial charge >= 0.3 is 5.97 Å². The van der Waals surface area contributed by atoms with Crippen LogP contribution >= 0.6 is 0 Å². The number of aryl methyl sites for hydroxylation is 1. The van der Waals surface area contributed by atoms with Gasteiger partial charge in [-0.3, -0.25) is 4.79 Å². The molecule has 1 aromatic carbocycles. The van der Waals surface area contributed by atoms with E-state index in [0.717, 1.165) is 13.0 Å². The normalized spacial score (nSPS) is 13.0. The van der Waals surface area contributed by atoms with Crippen LogP contribution in [-0.4, -0.2) is 31.4 Å². The second-order valence-corrected chi connectivity index (χ2v) is 5.32. The van der Waals surface area contributed by atoms with Crippen LogP contribution in [0.4, 0.5) is 0 Å². The highest BCUT2D eigenvalue weighted by molar-refractivity contribution is 5.99. The zero-order chi connectivity index (χ0) is 16.6. The number of fused-ring (bicyclic) bond motifs is 3. The van der Waals surface area contributed by atoms with E-state index < -0.39 is 5.97 Å². The second-order valence-electron chi connectivity index (χ2n) is 5.32. The number of aromatic nitrogens is 1. The molecule has 0 aliphatic carbocycles. The summed E-state index contributed by atoms with van der Waals surface area (Å²) in [7, 11) is 3.06. The SMILES string of the molecule is CCOC(=O)c1c2n(c3c(OC)ccc(OC)c3c1=O)CCC2. The number of hydrogen-bond acceptors (Lipinski definition) is 5. The Bertz CT molecular complexity index is 837. The van der Waals surface area contributed by atoms with Crippen molar-refractivity contribution < 1.29 is 19.0 Å². The summed E-state index contributed by atoms with van der Waals surface area (Å²) in [5.74, 6) is 0.449. The van der Waals surface area contributed by atoms with E-state index in [1.807, 2.05) is 4.57 Å². The average molecular weight is 317 g/mol. The Kier molecular flexibility index (Phi) is 3.98. The van der Waals surface area contributed by atoms with Crippen molar-refractivity contribution in [1.82, 2.24) is 4.57 Å². The van der Waals surface area contributed by atoms with Crippen molar-refractivity contribution in [3.05, 3.63) is 33.6 Å². The van der Waals surface area contributed by atoms with Crippen molar-refractivity contribution in [2.24, 2.45) is 0 Å². The molecule has 2 heterocycles. The molecule has 122 valence electrons. The first-order valence-electron chi connectivity index (χ1n) is 7.61. The molecule has 0 bridgehead atoms. The standard InChI is InChI=1S/C17H19NO5/c1-4-23-17(20)13-10-6-5-9-18(10)15-12(22-3)8-7-11(21-2)14(15)16(13)19/h7-8H,4-6,9H2,1-3H3. The van der Waals surface area contributed by atoms with Crippen LogP contribution in [0.15, 0.2) is 16.9 Å². The summed E-state index contributed by atoms with van der Waals surface area (Å²) < 4.78 is 17.8. The number of ether oxygens (including phenoxy) is 3. The summed E-state index contributed by atoms with van der Waals surface area (Å²) in [5.41, 5.74) is 1.15. The lowest BCUT2D eigenvalue weighted by Gasteiger charge is -2.17. The highest BCUT2D eigenvalue weighted by atomic mass is 16.5. The maximum atomic E-state index is 13.0. The maximum Gasteiger partial charge on any atom is 0.343 e. The molecule has 6 nitrogen and oxygen atoms in total. The minimum Gasteiger partial charge on any atom is -0.496 e. The molecule has 6 heteroatoms. The fourth-order valence-corrected chi connectivity index (χ4v) is 3.23. The first kappa shape index (κ1) is 15.4. The lowest BCUT2D eigenvalue weighted by atomic mass is 10.1. The topological polar surface area (TPSA) is 66.8 Å². The number of carbonyl (C=O) groups is 1. The van der Waals surface area contributed by atoms with E-state index in [-0.39, 0.29) is 17.6 Å². The fourth-order valence-electron chi connectivity index (χ4n) is 3.23. The van der Waals surface area contributed by atoms with Crippen molar-refractivity contribution in [1.29, 1.82) is 0 Å². The van der Waals surface area contributed by atoms with Gasteiger partial charge in [0, 0.05) is 12.2 Å². The van der Waals surface area contributed by atoms with Crippen LogP contribution in [0.1, 0.15) is 29.4 Å². The Hall–Kier alpha value is -2.50. The first-order chi connectivity index (χ1) is 11.1. The number of hydrogen-bond donors (Lipinski definition) is 0. The number of esters is 1. The van der Waals surface area contributed by atoms with Crippen LogP contribution in [0.5, 0.6) is 11.5 Å². The van der Waals surface area contributed by atoms with Crippen molar-refractivity contribution in [2.75, 3.05) is 20.8 Å². The van der Waals surface area contributed by atoms with Crippen LogP contribution in [0.3, 0.4) is 0 Å². The smallest absolute Gasteiger partial charge is 0.343 e. The van der Waals surface area contributed by atoms with E-state index in [0.29, 0.717) is 34.5 Å². The quantitative estimate of drug-likeness (QED) is 0.808. The Balaban J connectivity index is 2.47. The van der Waals surface area contributed by atoms with Gasteiger partial charge in [-0.1, -0.05) is 0 Å². The van der Waals surface area contributed by atoms with Crippen molar-refractivity contribution in [3.8, 4) is 11.5 Å². The number of carbonyl (C=O) groups excluding carboxylic acids is 1. The number of methoxy groups -OCH3 is 2. The Labute approximate surface area is 133 Å². The molecule has 2 aromatic rings. The molecular weight excluding hydrogens is 298 g/mol. The number of pyridine rings is 1. The second kappa shape index (κ2) is 5.95. The van der Waals surface area contributed by atoms with Gasteiger partial charge in [0.2, 0.25) is 5.43 Å². The van der Waals surface area contributed by atoms with Crippen molar-refractivity contribution >= 4 is 16.9 Å². The van der Waals surface area contributed by atoms with E-state index in [9.17, 15) is 9.59 Å². The lowest BCUT2D eigenvalue weighted by molar-refractivity contribution is 0.0523. The molecular formula is C17H19NO5. The minimum absolute atomic E-state index is 0.114. The molecule has 0 spiro atoms. The summed E-state index contributed by atoms with van der Waals surface area (Å²) in [4.78, 5) is 25.3. The van der Waals surface area contributed by atoms with Gasteiger partial charge in [-0.2, -0.15) is 0 Å². The highest BCUT2D eigenvalue weighted by Crippen LogP contribution is 2.35. The molecule has 1 aromatic heterocycles. The van der Waals surface area contributed by atoms with Crippen LogP contribution in [-0.2, 0) is 17.7 Å². The first-order valence-corrected chi connectivity index (χ1v) is 7.61.